The molecule has 3 rings (SSSR count). The van der Waals surface area contributed by atoms with Crippen LogP contribution in [-0.2, 0) is 4.79 Å². The van der Waals surface area contributed by atoms with Crippen molar-refractivity contribution in [2.75, 3.05) is 0 Å². The van der Waals surface area contributed by atoms with Gasteiger partial charge in [0.1, 0.15) is 5.78 Å². The molecule has 0 N–H and O–H groups in total. The van der Waals surface area contributed by atoms with Crippen LogP contribution in [0.2, 0.25) is 0 Å². The third kappa shape index (κ3) is 2.02. The van der Waals surface area contributed by atoms with Crippen molar-refractivity contribution >= 4 is 5.78 Å². The molecule has 0 heterocycles. The van der Waals surface area contributed by atoms with Gasteiger partial charge in [-0.05, 0) is 43.9 Å². The Morgan fingerprint density at radius 2 is 2.11 bits per heavy atom. The number of ketones is 1. The van der Waals surface area contributed by atoms with Gasteiger partial charge < -0.3 is 0 Å². The van der Waals surface area contributed by atoms with Gasteiger partial charge in [-0.15, -0.1) is 0 Å². The Morgan fingerprint density at radius 3 is 2.84 bits per heavy atom. The number of hydrogen-bond acceptors (Lipinski definition) is 1. The molecule has 3 aliphatic rings. The molecule has 1 fully saturated rings. The molecule has 0 aromatic rings. The van der Waals surface area contributed by atoms with Crippen LogP contribution in [0.5, 0.6) is 0 Å². The highest BCUT2D eigenvalue weighted by molar-refractivity contribution is 5.86. The van der Waals surface area contributed by atoms with Crippen molar-refractivity contribution in [3.05, 3.63) is 23.8 Å². The summed E-state index contributed by atoms with van der Waals surface area (Å²) in [5.41, 5.74) is 1.43. The fourth-order valence-corrected chi connectivity index (χ4v) is 4.98. The highest BCUT2D eigenvalue weighted by Crippen LogP contribution is 2.49. The largest absolute Gasteiger partial charge is 0.299 e. The van der Waals surface area contributed by atoms with Crippen LogP contribution in [0.1, 0.15) is 46.5 Å². The lowest BCUT2D eigenvalue weighted by molar-refractivity contribution is -0.130. The predicted molar refractivity (Wildman–Crippen MR) is 78.7 cm³/mol. The lowest BCUT2D eigenvalue weighted by Crippen LogP contribution is -2.34. The van der Waals surface area contributed by atoms with E-state index in [0.717, 1.165) is 18.8 Å². The molecule has 0 unspecified atom stereocenters. The minimum Gasteiger partial charge on any atom is -0.299 e. The van der Waals surface area contributed by atoms with Crippen molar-refractivity contribution in [2.45, 2.75) is 46.5 Å². The van der Waals surface area contributed by atoms with Gasteiger partial charge in [-0.25, -0.2) is 0 Å². The highest BCUT2D eigenvalue weighted by atomic mass is 16.1. The Hall–Kier alpha value is -0.850. The molecule has 0 saturated heterocycles. The van der Waals surface area contributed by atoms with Crippen LogP contribution in [0.15, 0.2) is 23.8 Å². The molecule has 1 heteroatoms. The zero-order chi connectivity index (χ0) is 13.6. The fourth-order valence-electron chi connectivity index (χ4n) is 4.98. The molecule has 0 aliphatic heterocycles. The van der Waals surface area contributed by atoms with E-state index in [1.807, 2.05) is 0 Å². The van der Waals surface area contributed by atoms with Gasteiger partial charge in [-0.2, -0.15) is 0 Å². The minimum absolute atomic E-state index is 0.253. The quantitative estimate of drug-likeness (QED) is 0.637. The van der Waals surface area contributed by atoms with Crippen molar-refractivity contribution in [2.24, 2.45) is 35.5 Å². The summed E-state index contributed by atoms with van der Waals surface area (Å²) >= 11 is 0. The topological polar surface area (TPSA) is 17.1 Å². The Balaban J connectivity index is 1.96. The van der Waals surface area contributed by atoms with Crippen LogP contribution in [0.3, 0.4) is 0 Å². The summed E-state index contributed by atoms with van der Waals surface area (Å²) in [6.07, 6.45) is 11.5. The molecular weight excluding hydrogens is 232 g/mol. The maximum absolute atomic E-state index is 13.1. The molecule has 3 aliphatic carbocycles. The molecule has 0 bridgehead atoms. The number of rotatable bonds is 1. The zero-order valence-corrected chi connectivity index (χ0v) is 12.4. The van der Waals surface area contributed by atoms with Gasteiger partial charge in [-0.1, -0.05) is 44.1 Å². The van der Waals surface area contributed by atoms with Crippen LogP contribution >= 0.6 is 0 Å². The third-order valence-electron chi connectivity index (χ3n) is 5.98. The molecular formula is C18H26O. The summed E-state index contributed by atoms with van der Waals surface area (Å²) in [6.45, 7) is 6.84. The fraction of sp³-hybridized carbons (Fsp3) is 0.722. The van der Waals surface area contributed by atoms with Gasteiger partial charge in [0, 0.05) is 17.8 Å². The van der Waals surface area contributed by atoms with Gasteiger partial charge in [0.25, 0.3) is 0 Å². The molecule has 19 heavy (non-hydrogen) atoms. The molecule has 0 aromatic carbocycles. The van der Waals surface area contributed by atoms with Crippen molar-refractivity contribution in [1.82, 2.24) is 0 Å². The van der Waals surface area contributed by atoms with E-state index in [4.69, 9.17) is 0 Å². The number of carbonyl (C=O) groups is 1. The van der Waals surface area contributed by atoms with Crippen LogP contribution in [0.25, 0.3) is 0 Å². The summed E-state index contributed by atoms with van der Waals surface area (Å²) in [5.74, 6) is 3.56. The SMILES string of the molecule is CC[C@H]1[C@@H]2C(=O)[C@@H]3CC=C[C@@H]3C(C)=CC[C@@H]2C[C@H]1C. The van der Waals surface area contributed by atoms with E-state index in [9.17, 15) is 4.79 Å². The van der Waals surface area contributed by atoms with Crippen molar-refractivity contribution in [1.29, 1.82) is 0 Å². The second-order valence-corrected chi connectivity index (χ2v) is 6.95. The predicted octanol–water partition coefficient (Wildman–Crippen LogP) is 4.40. The van der Waals surface area contributed by atoms with E-state index in [0.29, 0.717) is 29.5 Å². The number of hydrogen-bond donors (Lipinski definition) is 0. The van der Waals surface area contributed by atoms with E-state index in [-0.39, 0.29) is 5.92 Å². The molecule has 0 radical (unpaired) electrons. The second-order valence-electron chi connectivity index (χ2n) is 6.95. The summed E-state index contributed by atoms with van der Waals surface area (Å²) in [4.78, 5) is 13.1. The zero-order valence-electron chi connectivity index (χ0n) is 12.4. The van der Waals surface area contributed by atoms with E-state index in [2.05, 4.69) is 39.0 Å². The lowest BCUT2D eigenvalue weighted by Gasteiger charge is -2.31. The summed E-state index contributed by atoms with van der Waals surface area (Å²) in [6, 6.07) is 0. The van der Waals surface area contributed by atoms with Crippen LogP contribution < -0.4 is 0 Å². The monoisotopic (exact) mass is 258 g/mol. The van der Waals surface area contributed by atoms with E-state index in [1.165, 1.54) is 18.4 Å². The maximum Gasteiger partial charge on any atom is 0.140 e. The minimum atomic E-state index is 0.253. The standard InChI is InChI=1S/C18H26O/c1-4-14-12(3)10-13-9-8-11(2)15-6-5-7-16(15)18(19)17(13)14/h5-6,8,12-17H,4,7,9-10H2,1-3H3/t12-,13-,14-,15-,16-,17-/m1/s1. The van der Waals surface area contributed by atoms with Crippen molar-refractivity contribution < 1.29 is 4.79 Å². The van der Waals surface area contributed by atoms with Gasteiger partial charge in [-0.3, -0.25) is 4.79 Å². The molecule has 6 atom stereocenters. The first-order chi connectivity index (χ1) is 9.13. The Kier molecular flexibility index (Phi) is 3.41. The molecule has 1 saturated carbocycles. The normalized spacial score (nSPS) is 45.4. The number of allylic oxidation sites excluding steroid dienone is 4. The van der Waals surface area contributed by atoms with Crippen LogP contribution in [-0.4, -0.2) is 5.78 Å². The molecule has 0 aromatic heterocycles. The smallest absolute Gasteiger partial charge is 0.140 e. The average Bonchev–Trinajstić information content (AvgIpc) is 2.98. The Bertz CT molecular complexity index is 431. The molecule has 104 valence electrons. The van der Waals surface area contributed by atoms with Gasteiger partial charge in [0.05, 0.1) is 0 Å². The second kappa shape index (κ2) is 4.92. The first-order valence-electron chi connectivity index (χ1n) is 8.00. The Morgan fingerprint density at radius 1 is 1.32 bits per heavy atom. The average molecular weight is 258 g/mol. The van der Waals surface area contributed by atoms with Crippen LogP contribution in [0.4, 0.5) is 0 Å². The lowest BCUT2D eigenvalue weighted by atomic mass is 9.71. The van der Waals surface area contributed by atoms with E-state index < -0.39 is 0 Å². The number of carbonyl (C=O) groups excluding carboxylic acids is 1. The van der Waals surface area contributed by atoms with Gasteiger partial charge >= 0.3 is 0 Å². The van der Waals surface area contributed by atoms with Crippen molar-refractivity contribution in [3.63, 3.8) is 0 Å². The van der Waals surface area contributed by atoms with Gasteiger partial charge in [0.15, 0.2) is 0 Å². The first-order valence-corrected chi connectivity index (χ1v) is 8.00. The third-order valence-corrected chi connectivity index (χ3v) is 5.98. The summed E-state index contributed by atoms with van der Waals surface area (Å²) < 4.78 is 0. The highest BCUT2D eigenvalue weighted by Gasteiger charge is 2.47. The number of fused-ring (bicyclic) bond motifs is 2. The maximum atomic E-state index is 13.1. The van der Waals surface area contributed by atoms with E-state index in [1.54, 1.807) is 0 Å². The molecule has 0 spiro atoms. The van der Waals surface area contributed by atoms with Crippen molar-refractivity contribution in [3.8, 4) is 0 Å². The van der Waals surface area contributed by atoms with Crippen LogP contribution in [0, 0.1) is 35.5 Å². The van der Waals surface area contributed by atoms with E-state index >= 15 is 0 Å². The molecule has 0 amide bonds. The summed E-state index contributed by atoms with van der Waals surface area (Å²) in [5, 5.41) is 0. The number of Topliss-reactive ketones (excluding diaryl/α,β-unsaturated/α-hetero) is 1. The summed E-state index contributed by atoms with van der Waals surface area (Å²) in [7, 11) is 0. The van der Waals surface area contributed by atoms with Gasteiger partial charge in [0.2, 0.25) is 0 Å². The molecule has 1 nitrogen and oxygen atoms in total. The Labute approximate surface area is 117 Å². The first kappa shape index (κ1) is 13.1.